The number of nitrogens with one attached hydrogen (secondary N) is 3. The number of fused-ring (bicyclic) bond motifs is 3. The van der Waals surface area contributed by atoms with E-state index in [-0.39, 0.29) is 12.7 Å². The first-order chi connectivity index (χ1) is 17.2. The Morgan fingerprint density at radius 2 is 1.97 bits per heavy atom. The van der Waals surface area contributed by atoms with Crippen molar-refractivity contribution in [2.75, 3.05) is 6.79 Å². The summed E-state index contributed by atoms with van der Waals surface area (Å²) in [5, 5.41) is 4.11. The molecule has 7 nitrogen and oxygen atoms in total. The largest absolute Gasteiger partial charge is 0.454 e. The molecule has 1 aliphatic rings. The fourth-order valence-electron chi connectivity index (χ4n) is 4.46. The molecule has 0 unspecified atom stereocenters. The Hall–Kier alpha value is -4.52. The topological polar surface area (TPSA) is 92.0 Å². The van der Waals surface area contributed by atoms with Crippen LogP contribution in [0.4, 0.5) is 0 Å². The molecule has 3 heterocycles. The van der Waals surface area contributed by atoms with Crippen LogP contribution in [-0.4, -0.2) is 27.7 Å². The van der Waals surface area contributed by atoms with Crippen molar-refractivity contribution in [3.8, 4) is 11.5 Å². The summed E-state index contributed by atoms with van der Waals surface area (Å²) >= 11 is 0. The first-order valence-corrected chi connectivity index (χ1v) is 11.6. The second-order valence-electron chi connectivity index (χ2n) is 8.47. The summed E-state index contributed by atoms with van der Waals surface area (Å²) in [6.45, 7) is 2.70. The van der Waals surface area contributed by atoms with Gasteiger partial charge < -0.3 is 24.8 Å². The van der Waals surface area contributed by atoms with E-state index < -0.39 is 0 Å². The molecule has 0 saturated carbocycles. The number of ether oxygens (including phenoxy) is 2. The Bertz CT molecular complexity index is 1560. The van der Waals surface area contributed by atoms with Gasteiger partial charge in [0, 0.05) is 29.2 Å². The van der Waals surface area contributed by atoms with Crippen LogP contribution in [0.5, 0.6) is 11.5 Å². The second-order valence-corrected chi connectivity index (χ2v) is 8.47. The van der Waals surface area contributed by atoms with E-state index in [0.29, 0.717) is 29.4 Å². The molecule has 3 aromatic carbocycles. The third kappa shape index (κ3) is 3.91. The lowest BCUT2D eigenvalue weighted by Crippen LogP contribution is -2.24. The van der Waals surface area contributed by atoms with Crippen LogP contribution in [0, 0.1) is 0 Å². The number of aryl methyl sites for hydroxylation is 1. The predicted molar refractivity (Wildman–Crippen MR) is 136 cm³/mol. The molecule has 1 aliphatic heterocycles. The number of H-pyrrole nitrogens is 2. The Balaban J connectivity index is 1.37. The molecule has 2 aromatic heterocycles. The van der Waals surface area contributed by atoms with Gasteiger partial charge in [-0.15, -0.1) is 0 Å². The summed E-state index contributed by atoms with van der Waals surface area (Å²) < 4.78 is 10.8. The lowest BCUT2D eigenvalue weighted by atomic mass is 10.0. The fourth-order valence-corrected chi connectivity index (χ4v) is 4.46. The summed E-state index contributed by atoms with van der Waals surface area (Å²) in [5.41, 5.74) is 6.33. The number of aromatic amines is 2. The van der Waals surface area contributed by atoms with Crippen LogP contribution >= 0.6 is 0 Å². The van der Waals surface area contributed by atoms with Gasteiger partial charge in [0.2, 0.25) is 6.79 Å². The van der Waals surface area contributed by atoms with Crippen LogP contribution in [-0.2, 0) is 17.8 Å². The number of carbonyl (C=O) groups excluding carboxylic acids is 1. The van der Waals surface area contributed by atoms with Crippen LogP contribution < -0.4 is 14.8 Å². The summed E-state index contributed by atoms with van der Waals surface area (Å²) in [6, 6.07) is 19.7. The number of amides is 1. The van der Waals surface area contributed by atoms with Crippen molar-refractivity contribution in [2.24, 2.45) is 0 Å². The van der Waals surface area contributed by atoms with Gasteiger partial charge in [-0.2, -0.15) is 0 Å². The highest BCUT2D eigenvalue weighted by Gasteiger charge is 2.19. The van der Waals surface area contributed by atoms with Gasteiger partial charge in [0.05, 0.1) is 16.6 Å². The van der Waals surface area contributed by atoms with E-state index in [2.05, 4.69) is 34.3 Å². The minimum absolute atomic E-state index is 0.217. The van der Waals surface area contributed by atoms with Crippen molar-refractivity contribution in [1.29, 1.82) is 0 Å². The summed E-state index contributed by atoms with van der Waals surface area (Å²) in [4.78, 5) is 24.9. The highest BCUT2D eigenvalue weighted by Crippen LogP contribution is 2.32. The van der Waals surface area contributed by atoms with Gasteiger partial charge >= 0.3 is 0 Å². The van der Waals surface area contributed by atoms with E-state index in [1.54, 1.807) is 0 Å². The first kappa shape index (κ1) is 21.0. The molecule has 3 N–H and O–H groups in total. The lowest BCUT2D eigenvalue weighted by molar-refractivity contribution is -0.115. The van der Waals surface area contributed by atoms with Crippen LogP contribution in [0.25, 0.3) is 33.6 Å². The molecule has 0 spiro atoms. The monoisotopic (exact) mass is 464 g/mol. The van der Waals surface area contributed by atoms with E-state index in [0.717, 1.165) is 39.5 Å². The zero-order valence-electron chi connectivity index (χ0n) is 19.2. The lowest BCUT2D eigenvalue weighted by Gasteiger charge is -2.08. The molecule has 1 amide bonds. The average Bonchev–Trinajstić information content (AvgIpc) is 3.63. The number of rotatable bonds is 6. The van der Waals surface area contributed by atoms with Crippen LogP contribution in [0.15, 0.2) is 66.9 Å². The van der Waals surface area contributed by atoms with Crippen molar-refractivity contribution in [1.82, 2.24) is 20.3 Å². The molecule has 6 rings (SSSR count). The van der Waals surface area contributed by atoms with Crippen molar-refractivity contribution in [3.05, 3.63) is 89.4 Å². The van der Waals surface area contributed by atoms with Crippen molar-refractivity contribution in [3.63, 3.8) is 0 Å². The summed E-state index contributed by atoms with van der Waals surface area (Å²) in [5.74, 6) is 1.71. The number of hydrogen-bond donors (Lipinski definition) is 3. The van der Waals surface area contributed by atoms with Gasteiger partial charge in [0.1, 0.15) is 5.82 Å². The summed E-state index contributed by atoms with van der Waals surface area (Å²) in [6.07, 6.45) is 4.76. The van der Waals surface area contributed by atoms with Gasteiger partial charge in [0.25, 0.3) is 5.91 Å². The maximum Gasteiger partial charge on any atom is 0.255 e. The minimum atomic E-state index is -0.220. The van der Waals surface area contributed by atoms with Crippen LogP contribution in [0.2, 0.25) is 0 Å². The highest BCUT2D eigenvalue weighted by molar-refractivity contribution is 6.24. The Labute approximate surface area is 201 Å². The molecule has 0 radical (unpaired) electrons. The standard InChI is InChI=1S/C28H24N4O3/c1-2-18-6-5-7-20-19(15-29-26(18)20)13-21(27-31-22-8-3-4-9-23(22)32-27)28(33)30-14-17-10-11-24-25(12-17)35-16-34-24/h3-13,15,29H,2,14,16H2,1H3,(H,30,33)(H,31,32). The molecule has 0 atom stereocenters. The third-order valence-electron chi connectivity index (χ3n) is 6.29. The predicted octanol–water partition coefficient (Wildman–Crippen LogP) is 5.19. The normalized spacial score (nSPS) is 13.0. The number of carbonyl (C=O) groups is 1. The number of hydrogen-bond acceptors (Lipinski definition) is 4. The van der Waals surface area contributed by atoms with Gasteiger partial charge in [-0.1, -0.05) is 43.3 Å². The minimum Gasteiger partial charge on any atom is -0.454 e. The molecule has 0 bridgehead atoms. The SMILES string of the molecule is CCc1cccc2c(C=C(C(=O)NCc3ccc4c(c3)OCO4)c3nc4ccccc4[nH]3)c[nH]c12. The zero-order valence-corrected chi connectivity index (χ0v) is 19.2. The third-order valence-corrected chi connectivity index (χ3v) is 6.29. The molecule has 0 fully saturated rings. The number of imidazole rings is 1. The van der Waals surface area contributed by atoms with Crippen molar-refractivity contribution in [2.45, 2.75) is 19.9 Å². The molecular weight excluding hydrogens is 440 g/mol. The van der Waals surface area contributed by atoms with Crippen LogP contribution in [0.1, 0.15) is 29.4 Å². The van der Waals surface area contributed by atoms with E-state index in [1.807, 2.05) is 60.8 Å². The maximum absolute atomic E-state index is 13.5. The number of para-hydroxylation sites is 3. The molecule has 35 heavy (non-hydrogen) atoms. The van der Waals surface area contributed by atoms with E-state index in [9.17, 15) is 4.79 Å². The van der Waals surface area contributed by atoms with E-state index in [4.69, 9.17) is 14.5 Å². The Kier molecular flexibility index (Phi) is 5.22. The fraction of sp³-hybridized carbons (Fsp3) is 0.143. The second kappa shape index (κ2) is 8.68. The van der Waals surface area contributed by atoms with E-state index >= 15 is 0 Å². The Morgan fingerprint density at radius 1 is 1.09 bits per heavy atom. The van der Waals surface area contributed by atoms with Crippen LogP contribution in [0.3, 0.4) is 0 Å². The zero-order chi connectivity index (χ0) is 23.8. The van der Waals surface area contributed by atoms with E-state index in [1.165, 1.54) is 5.56 Å². The molecule has 5 aromatic rings. The number of nitrogens with zero attached hydrogens (tertiary/aromatic N) is 1. The number of benzene rings is 3. The molecule has 0 aliphatic carbocycles. The van der Waals surface area contributed by atoms with Gasteiger partial charge in [-0.25, -0.2) is 4.98 Å². The average molecular weight is 465 g/mol. The molecule has 174 valence electrons. The van der Waals surface area contributed by atoms with Gasteiger partial charge in [0.15, 0.2) is 11.5 Å². The smallest absolute Gasteiger partial charge is 0.255 e. The summed E-state index contributed by atoms with van der Waals surface area (Å²) in [7, 11) is 0. The maximum atomic E-state index is 13.5. The number of aromatic nitrogens is 3. The van der Waals surface area contributed by atoms with Gasteiger partial charge in [-0.05, 0) is 47.9 Å². The van der Waals surface area contributed by atoms with Crippen molar-refractivity contribution >= 4 is 39.5 Å². The van der Waals surface area contributed by atoms with Gasteiger partial charge in [-0.3, -0.25) is 4.79 Å². The molecular formula is C28H24N4O3. The first-order valence-electron chi connectivity index (χ1n) is 11.6. The quantitative estimate of drug-likeness (QED) is 0.302. The molecule has 0 saturated heterocycles. The highest BCUT2D eigenvalue weighted by atomic mass is 16.7. The van der Waals surface area contributed by atoms with Crippen molar-refractivity contribution < 1.29 is 14.3 Å². The molecule has 7 heteroatoms. The Morgan fingerprint density at radius 3 is 2.86 bits per heavy atom.